The fourth-order valence-electron chi connectivity index (χ4n) is 2.85. The van der Waals surface area contributed by atoms with Gasteiger partial charge in [-0.25, -0.2) is 0 Å². The van der Waals surface area contributed by atoms with Crippen molar-refractivity contribution in [3.63, 3.8) is 0 Å². The van der Waals surface area contributed by atoms with Crippen LogP contribution in [0.25, 0.3) is 0 Å². The summed E-state index contributed by atoms with van der Waals surface area (Å²) in [6.07, 6.45) is 1.41. The number of likely N-dealkylation sites (tertiary alicyclic amines) is 1. The lowest BCUT2D eigenvalue weighted by molar-refractivity contribution is 0.122. The van der Waals surface area contributed by atoms with Gasteiger partial charge in [0.1, 0.15) is 0 Å². The molecule has 0 bridgehead atoms. The van der Waals surface area contributed by atoms with Gasteiger partial charge in [0.25, 0.3) is 0 Å². The van der Waals surface area contributed by atoms with Gasteiger partial charge in [0.15, 0.2) is 0 Å². The van der Waals surface area contributed by atoms with Gasteiger partial charge in [0, 0.05) is 25.7 Å². The Kier molecular flexibility index (Phi) is 5.07. The summed E-state index contributed by atoms with van der Waals surface area (Å²) < 4.78 is 0. The second-order valence-electron chi connectivity index (χ2n) is 5.80. The van der Waals surface area contributed by atoms with Crippen molar-refractivity contribution in [1.82, 2.24) is 10.2 Å². The lowest BCUT2D eigenvalue weighted by Crippen LogP contribution is -2.47. The standard InChI is InChI=1S/C13H28N2/c1-10(2)13(14-5)9-15-7-11(3)6-12(4)8-15/h10-14H,6-9H2,1-5H3. The molecule has 0 amide bonds. The van der Waals surface area contributed by atoms with Crippen LogP contribution < -0.4 is 5.32 Å². The first-order chi connectivity index (χ1) is 7.02. The Morgan fingerprint density at radius 1 is 1.20 bits per heavy atom. The van der Waals surface area contributed by atoms with Gasteiger partial charge >= 0.3 is 0 Å². The minimum absolute atomic E-state index is 0.641. The predicted molar refractivity (Wildman–Crippen MR) is 67.1 cm³/mol. The van der Waals surface area contributed by atoms with Crippen LogP contribution in [0.3, 0.4) is 0 Å². The fourth-order valence-corrected chi connectivity index (χ4v) is 2.85. The van der Waals surface area contributed by atoms with E-state index in [1.165, 1.54) is 26.1 Å². The molecule has 1 heterocycles. The molecule has 2 heteroatoms. The second kappa shape index (κ2) is 5.86. The van der Waals surface area contributed by atoms with E-state index in [1.807, 2.05) is 0 Å². The van der Waals surface area contributed by atoms with E-state index < -0.39 is 0 Å². The van der Waals surface area contributed by atoms with Crippen LogP contribution in [0, 0.1) is 17.8 Å². The molecule has 1 aliphatic heterocycles. The third-order valence-corrected chi connectivity index (χ3v) is 3.57. The van der Waals surface area contributed by atoms with Crippen molar-refractivity contribution in [2.24, 2.45) is 17.8 Å². The summed E-state index contributed by atoms with van der Waals surface area (Å²) in [7, 11) is 2.08. The van der Waals surface area contributed by atoms with Crippen LogP contribution in [0.1, 0.15) is 34.1 Å². The summed E-state index contributed by atoms with van der Waals surface area (Å²) in [5.74, 6) is 2.47. The topological polar surface area (TPSA) is 15.3 Å². The zero-order valence-corrected chi connectivity index (χ0v) is 11.1. The first-order valence-electron chi connectivity index (χ1n) is 6.42. The summed E-state index contributed by atoms with van der Waals surface area (Å²) in [4.78, 5) is 2.64. The van der Waals surface area contributed by atoms with Gasteiger partial charge in [-0.3, -0.25) is 0 Å². The van der Waals surface area contributed by atoms with Gasteiger partial charge in [0.05, 0.1) is 0 Å². The first kappa shape index (κ1) is 13.0. The highest BCUT2D eigenvalue weighted by atomic mass is 15.2. The molecule has 1 fully saturated rings. The Balaban J connectivity index is 2.42. The van der Waals surface area contributed by atoms with Gasteiger partial charge < -0.3 is 10.2 Å². The number of piperidine rings is 1. The monoisotopic (exact) mass is 212 g/mol. The van der Waals surface area contributed by atoms with Crippen molar-refractivity contribution in [1.29, 1.82) is 0 Å². The van der Waals surface area contributed by atoms with E-state index in [4.69, 9.17) is 0 Å². The van der Waals surface area contributed by atoms with E-state index in [-0.39, 0.29) is 0 Å². The van der Waals surface area contributed by atoms with E-state index in [1.54, 1.807) is 0 Å². The maximum atomic E-state index is 3.44. The molecule has 15 heavy (non-hydrogen) atoms. The number of nitrogens with one attached hydrogen (secondary N) is 1. The summed E-state index contributed by atoms with van der Waals surface area (Å²) >= 11 is 0. The minimum Gasteiger partial charge on any atom is -0.315 e. The van der Waals surface area contributed by atoms with Crippen LogP contribution in [-0.2, 0) is 0 Å². The maximum absolute atomic E-state index is 3.44. The molecule has 0 aromatic carbocycles. The lowest BCUT2D eigenvalue weighted by atomic mass is 9.91. The summed E-state index contributed by atoms with van der Waals surface area (Å²) in [6, 6.07) is 0.641. The van der Waals surface area contributed by atoms with Crippen LogP contribution in [-0.4, -0.2) is 37.6 Å². The smallest absolute Gasteiger partial charge is 0.0214 e. The molecule has 1 saturated heterocycles. The van der Waals surface area contributed by atoms with Crippen LogP contribution in [0.5, 0.6) is 0 Å². The first-order valence-corrected chi connectivity index (χ1v) is 6.42. The van der Waals surface area contributed by atoms with Gasteiger partial charge in [-0.05, 0) is 31.2 Å². The Hall–Kier alpha value is -0.0800. The summed E-state index contributed by atoms with van der Waals surface area (Å²) in [6.45, 7) is 13.2. The number of hydrogen-bond acceptors (Lipinski definition) is 2. The van der Waals surface area contributed by atoms with Crippen molar-refractivity contribution >= 4 is 0 Å². The van der Waals surface area contributed by atoms with Gasteiger partial charge in [-0.15, -0.1) is 0 Å². The fraction of sp³-hybridized carbons (Fsp3) is 1.00. The Morgan fingerprint density at radius 3 is 2.13 bits per heavy atom. The molecule has 0 aromatic heterocycles. The average molecular weight is 212 g/mol. The molecule has 3 atom stereocenters. The van der Waals surface area contributed by atoms with Crippen molar-refractivity contribution < 1.29 is 0 Å². The maximum Gasteiger partial charge on any atom is 0.0214 e. The number of rotatable bonds is 4. The van der Waals surface area contributed by atoms with Crippen molar-refractivity contribution in [2.45, 2.75) is 40.2 Å². The van der Waals surface area contributed by atoms with Gasteiger partial charge in [-0.1, -0.05) is 27.7 Å². The van der Waals surface area contributed by atoms with E-state index in [0.717, 1.165) is 17.8 Å². The highest BCUT2D eigenvalue weighted by Crippen LogP contribution is 2.21. The molecule has 1 rings (SSSR count). The van der Waals surface area contributed by atoms with Crippen molar-refractivity contribution in [3.05, 3.63) is 0 Å². The van der Waals surface area contributed by atoms with Gasteiger partial charge in [0.2, 0.25) is 0 Å². The zero-order valence-electron chi connectivity index (χ0n) is 11.1. The molecule has 0 spiro atoms. The third-order valence-electron chi connectivity index (χ3n) is 3.57. The Labute approximate surface area is 95.4 Å². The Bertz CT molecular complexity index is 169. The average Bonchev–Trinajstić information content (AvgIpc) is 2.12. The quantitative estimate of drug-likeness (QED) is 0.768. The molecule has 0 aliphatic carbocycles. The summed E-state index contributed by atoms with van der Waals surface area (Å²) in [5.41, 5.74) is 0. The molecule has 0 saturated carbocycles. The number of nitrogens with zero attached hydrogens (tertiary/aromatic N) is 1. The van der Waals surface area contributed by atoms with E-state index in [9.17, 15) is 0 Å². The predicted octanol–water partition coefficient (Wildman–Crippen LogP) is 2.21. The molecule has 0 radical (unpaired) electrons. The molecular weight excluding hydrogens is 184 g/mol. The SMILES string of the molecule is CNC(CN1CC(C)CC(C)C1)C(C)C. The van der Waals surface area contributed by atoms with Crippen LogP contribution >= 0.6 is 0 Å². The summed E-state index contributed by atoms with van der Waals surface area (Å²) in [5, 5.41) is 3.44. The normalized spacial score (nSPS) is 30.8. The van der Waals surface area contributed by atoms with E-state index >= 15 is 0 Å². The highest BCUT2D eigenvalue weighted by molar-refractivity contribution is 4.80. The van der Waals surface area contributed by atoms with E-state index in [2.05, 4.69) is 45.0 Å². The van der Waals surface area contributed by atoms with Crippen molar-refractivity contribution in [3.8, 4) is 0 Å². The van der Waals surface area contributed by atoms with Gasteiger partial charge in [-0.2, -0.15) is 0 Å². The molecule has 1 aliphatic rings. The molecule has 90 valence electrons. The number of likely N-dealkylation sites (N-methyl/N-ethyl adjacent to an activating group) is 1. The third kappa shape index (κ3) is 4.12. The molecule has 0 aromatic rings. The van der Waals surface area contributed by atoms with Crippen LogP contribution in [0.2, 0.25) is 0 Å². The molecule has 3 unspecified atom stereocenters. The largest absolute Gasteiger partial charge is 0.315 e. The van der Waals surface area contributed by atoms with Crippen LogP contribution in [0.4, 0.5) is 0 Å². The van der Waals surface area contributed by atoms with E-state index in [0.29, 0.717) is 6.04 Å². The zero-order chi connectivity index (χ0) is 11.4. The molecular formula is C13H28N2. The lowest BCUT2D eigenvalue weighted by Gasteiger charge is -2.37. The Morgan fingerprint density at radius 2 is 1.73 bits per heavy atom. The second-order valence-corrected chi connectivity index (χ2v) is 5.80. The molecule has 1 N–H and O–H groups in total. The highest BCUT2D eigenvalue weighted by Gasteiger charge is 2.24. The van der Waals surface area contributed by atoms with Crippen LogP contribution in [0.15, 0.2) is 0 Å². The molecule has 2 nitrogen and oxygen atoms in total. The number of hydrogen-bond donors (Lipinski definition) is 1. The van der Waals surface area contributed by atoms with Crippen molar-refractivity contribution in [2.75, 3.05) is 26.7 Å². The minimum atomic E-state index is 0.641.